The summed E-state index contributed by atoms with van der Waals surface area (Å²) in [5.74, 6) is 0.916. The van der Waals surface area contributed by atoms with Crippen LogP contribution in [0.4, 0.5) is 0 Å². The first-order chi connectivity index (χ1) is 9.67. The Morgan fingerprint density at radius 2 is 1.80 bits per heavy atom. The first-order valence-corrected chi connectivity index (χ1v) is 7.91. The van der Waals surface area contributed by atoms with E-state index in [0.29, 0.717) is 4.83 Å². The van der Waals surface area contributed by atoms with E-state index in [9.17, 15) is 0 Å². The van der Waals surface area contributed by atoms with E-state index in [1.165, 1.54) is 16.7 Å². The lowest BCUT2D eigenvalue weighted by atomic mass is 10.0. The molecule has 1 unspecified atom stereocenters. The third kappa shape index (κ3) is 4.68. The quantitative estimate of drug-likeness (QED) is 0.680. The standard InChI is InChI=1S/C18H21BrO/c1-14-4-3-5-15(12-14)6-9-17(19)13-16-7-10-18(20-2)11-8-16/h3-5,7-8,10-12,17H,6,9,13H2,1-2H3. The molecule has 2 aromatic rings. The van der Waals surface area contributed by atoms with Gasteiger partial charge in [0.05, 0.1) is 7.11 Å². The van der Waals surface area contributed by atoms with Gasteiger partial charge in [-0.15, -0.1) is 0 Å². The fraction of sp³-hybridized carbons (Fsp3) is 0.333. The monoisotopic (exact) mass is 332 g/mol. The van der Waals surface area contributed by atoms with Crippen molar-refractivity contribution in [1.29, 1.82) is 0 Å². The second-order valence-corrected chi connectivity index (χ2v) is 6.47. The van der Waals surface area contributed by atoms with E-state index >= 15 is 0 Å². The number of methoxy groups -OCH3 is 1. The highest BCUT2D eigenvalue weighted by atomic mass is 79.9. The Morgan fingerprint density at radius 1 is 1.05 bits per heavy atom. The first kappa shape index (κ1) is 15.1. The molecule has 0 radical (unpaired) electrons. The van der Waals surface area contributed by atoms with Crippen molar-refractivity contribution in [2.45, 2.75) is 31.0 Å². The highest BCUT2D eigenvalue weighted by Gasteiger charge is 2.06. The highest BCUT2D eigenvalue weighted by molar-refractivity contribution is 9.09. The van der Waals surface area contributed by atoms with E-state index < -0.39 is 0 Å². The number of ether oxygens (including phenoxy) is 1. The van der Waals surface area contributed by atoms with Gasteiger partial charge in [-0.1, -0.05) is 57.9 Å². The van der Waals surface area contributed by atoms with Crippen molar-refractivity contribution in [3.8, 4) is 5.75 Å². The van der Waals surface area contributed by atoms with Crippen LogP contribution in [0, 0.1) is 6.92 Å². The second-order valence-electron chi connectivity index (χ2n) is 5.18. The van der Waals surface area contributed by atoms with Crippen LogP contribution in [0.3, 0.4) is 0 Å². The fourth-order valence-electron chi connectivity index (χ4n) is 2.31. The maximum atomic E-state index is 5.18. The summed E-state index contributed by atoms with van der Waals surface area (Å²) in [6, 6.07) is 17.1. The predicted molar refractivity (Wildman–Crippen MR) is 88.9 cm³/mol. The van der Waals surface area contributed by atoms with Crippen LogP contribution in [0.2, 0.25) is 0 Å². The second kappa shape index (κ2) is 7.49. The largest absolute Gasteiger partial charge is 0.497 e. The van der Waals surface area contributed by atoms with E-state index in [4.69, 9.17) is 4.74 Å². The zero-order valence-electron chi connectivity index (χ0n) is 12.1. The molecule has 0 amide bonds. The Balaban J connectivity index is 1.84. The van der Waals surface area contributed by atoms with Gasteiger partial charge in [-0.3, -0.25) is 0 Å². The van der Waals surface area contributed by atoms with Crippen LogP contribution in [0.1, 0.15) is 23.1 Å². The number of benzene rings is 2. The molecule has 0 bridgehead atoms. The Labute approximate surface area is 130 Å². The van der Waals surface area contributed by atoms with Gasteiger partial charge in [-0.2, -0.15) is 0 Å². The number of hydrogen-bond donors (Lipinski definition) is 0. The lowest BCUT2D eigenvalue weighted by Gasteiger charge is -2.11. The van der Waals surface area contributed by atoms with E-state index in [2.05, 4.69) is 59.3 Å². The van der Waals surface area contributed by atoms with Gasteiger partial charge in [0.15, 0.2) is 0 Å². The molecule has 0 aliphatic heterocycles. The van der Waals surface area contributed by atoms with Crippen molar-refractivity contribution in [2.24, 2.45) is 0 Å². The molecule has 0 aromatic heterocycles. The summed E-state index contributed by atoms with van der Waals surface area (Å²) < 4.78 is 5.18. The summed E-state index contributed by atoms with van der Waals surface area (Å²) in [5.41, 5.74) is 4.10. The first-order valence-electron chi connectivity index (χ1n) is 7.00. The minimum Gasteiger partial charge on any atom is -0.497 e. The maximum absolute atomic E-state index is 5.18. The topological polar surface area (TPSA) is 9.23 Å². The molecule has 0 N–H and O–H groups in total. The molecule has 0 saturated carbocycles. The normalized spacial score (nSPS) is 12.2. The Morgan fingerprint density at radius 3 is 2.45 bits per heavy atom. The van der Waals surface area contributed by atoms with Crippen LogP contribution in [0.25, 0.3) is 0 Å². The van der Waals surface area contributed by atoms with Crippen LogP contribution in [-0.4, -0.2) is 11.9 Å². The molecule has 2 heteroatoms. The Bertz CT molecular complexity index is 533. The highest BCUT2D eigenvalue weighted by Crippen LogP contribution is 2.19. The maximum Gasteiger partial charge on any atom is 0.118 e. The van der Waals surface area contributed by atoms with E-state index in [0.717, 1.165) is 25.0 Å². The molecule has 0 aliphatic rings. The van der Waals surface area contributed by atoms with Gasteiger partial charge >= 0.3 is 0 Å². The van der Waals surface area contributed by atoms with Crippen molar-refractivity contribution in [3.05, 3.63) is 65.2 Å². The summed E-state index contributed by atoms with van der Waals surface area (Å²) in [4.78, 5) is 0.511. The van der Waals surface area contributed by atoms with Crippen molar-refractivity contribution in [2.75, 3.05) is 7.11 Å². The molecule has 0 fully saturated rings. The molecule has 0 aliphatic carbocycles. The molecule has 2 rings (SSSR count). The zero-order valence-corrected chi connectivity index (χ0v) is 13.7. The van der Waals surface area contributed by atoms with Gasteiger partial charge in [0.2, 0.25) is 0 Å². The Kier molecular flexibility index (Phi) is 5.66. The van der Waals surface area contributed by atoms with Gasteiger partial charge in [0, 0.05) is 4.83 Å². The van der Waals surface area contributed by atoms with Crippen LogP contribution >= 0.6 is 15.9 Å². The van der Waals surface area contributed by atoms with Gasteiger partial charge < -0.3 is 4.74 Å². The molecular formula is C18H21BrO. The van der Waals surface area contributed by atoms with E-state index in [-0.39, 0.29) is 0 Å². The van der Waals surface area contributed by atoms with Crippen molar-refractivity contribution in [3.63, 3.8) is 0 Å². The van der Waals surface area contributed by atoms with Crippen molar-refractivity contribution >= 4 is 15.9 Å². The average Bonchev–Trinajstić information content (AvgIpc) is 2.46. The molecule has 106 valence electrons. The summed E-state index contributed by atoms with van der Waals surface area (Å²) in [6.45, 7) is 2.15. The summed E-state index contributed by atoms with van der Waals surface area (Å²) in [5, 5.41) is 0. The average molecular weight is 333 g/mol. The van der Waals surface area contributed by atoms with Crippen molar-refractivity contribution in [1.82, 2.24) is 0 Å². The number of rotatable bonds is 6. The SMILES string of the molecule is COc1ccc(CC(Br)CCc2cccc(C)c2)cc1. The predicted octanol–water partition coefficient (Wildman–Crippen LogP) is 4.94. The van der Waals surface area contributed by atoms with E-state index in [1.54, 1.807) is 7.11 Å². The van der Waals surface area contributed by atoms with Crippen LogP contribution in [0.5, 0.6) is 5.75 Å². The third-order valence-electron chi connectivity index (χ3n) is 3.44. The molecular weight excluding hydrogens is 312 g/mol. The molecule has 2 aromatic carbocycles. The lowest BCUT2D eigenvalue weighted by molar-refractivity contribution is 0.414. The number of alkyl halides is 1. The van der Waals surface area contributed by atoms with Crippen molar-refractivity contribution < 1.29 is 4.74 Å². The van der Waals surface area contributed by atoms with Gasteiger partial charge in [0.25, 0.3) is 0 Å². The number of aryl methyl sites for hydroxylation is 2. The minimum atomic E-state index is 0.511. The molecule has 0 heterocycles. The molecule has 20 heavy (non-hydrogen) atoms. The molecule has 0 saturated heterocycles. The molecule has 1 nitrogen and oxygen atoms in total. The number of hydrogen-bond acceptors (Lipinski definition) is 1. The number of halogens is 1. The summed E-state index contributed by atoms with van der Waals surface area (Å²) >= 11 is 3.79. The van der Waals surface area contributed by atoms with Crippen LogP contribution < -0.4 is 4.74 Å². The third-order valence-corrected chi connectivity index (χ3v) is 4.23. The van der Waals surface area contributed by atoms with Gasteiger partial charge in [0.1, 0.15) is 5.75 Å². The summed E-state index contributed by atoms with van der Waals surface area (Å²) in [6.07, 6.45) is 3.32. The van der Waals surface area contributed by atoms with Gasteiger partial charge in [-0.25, -0.2) is 0 Å². The summed E-state index contributed by atoms with van der Waals surface area (Å²) in [7, 11) is 1.70. The zero-order chi connectivity index (χ0) is 14.4. The molecule has 1 atom stereocenters. The van der Waals surface area contributed by atoms with Gasteiger partial charge in [-0.05, 0) is 49.4 Å². The van der Waals surface area contributed by atoms with E-state index in [1.807, 2.05) is 12.1 Å². The Hall–Kier alpha value is -1.28. The fourth-order valence-corrected chi connectivity index (χ4v) is 2.91. The van der Waals surface area contributed by atoms with Crippen LogP contribution in [-0.2, 0) is 12.8 Å². The van der Waals surface area contributed by atoms with Crippen LogP contribution in [0.15, 0.2) is 48.5 Å². The lowest BCUT2D eigenvalue weighted by Crippen LogP contribution is -2.04. The molecule has 0 spiro atoms. The minimum absolute atomic E-state index is 0.511. The smallest absolute Gasteiger partial charge is 0.118 e.